The molecule has 3 fully saturated rings. The lowest BCUT2D eigenvalue weighted by molar-refractivity contribution is -0.0494. The lowest BCUT2D eigenvalue weighted by Crippen LogP contribution is -2.45. The predicted octanol–water partition coefficient (Wildman–Crippen LogP) is 7.07. The topological polar surface area (TPSA) is 86.9 Å². The minimum absolute atomic E-state index is 0.0295. The van der Waals surface area contributed by atoms with E-state index in [9.17, 15) is 18.0 Å². The van der Waals surface area contributed by atoms with Crippen molar-refractivity contribution in [3.05, 3.63) is 59.1 Å². The highest BCUT2D eigenvalue weighted by atomic mass is 32.1. The van der Waals surface area contributed by atoms with Crippen molar-refractivity contribution in [3.8, 4) is 17.0 Å². The Morgan fingerprint density at radius 2 is 1.90 bits per heavy atom. The zero-order valence-corrected chi connectivity index (χ0v) is 23.5. The minimum atomic E-state index is -2.96. The van der Waals surface area contributed by atoms with E-state index in [-0.39, 0.29) is 47.5 Å². The van der Waals surface area contributed by atoms with Gasteiger partial charge in [0.2, 0.25) is 0 Å². The van der Waals surface area contributed by atoms with Crippen molar-refractivity contribution < 1.29 is 36.7 Å². The number of alkyl halides is 2. The molecule has 8 nitrogen and oxygen atoms in total. The maximum Gasteiger partial charge on any atom is 0.387 e. The Hall–Kier alpha value is -3.64. The fourth-order valence-corrected chi connectivity index (χ4v) is 7.46. The van der Waals surface area contributed by atoms with Crippen LogP contribution in [0.5, 0.6) is 5.75 Å². The van der Waals surface area contributed by atoms with Crippen LogP contribution in [0.3, 0.4) is 0 Å². The van der Waals surface area contributed by atoms with Crippen LogP contribution in [0.25, 0.3) is 21.5 Å². The minimum Gasteiger partial charge on any atom is -0.465 e. The number of methoxy groups -OCH3 is 1. The standard InChI is InChI=1S/C30H28F3N3O5S/c1-38-28(37)16-10-22(31)26-24(11-16)42-30(34-26)36-17-8-9-18(36)13-19(12-17)39-14-21-25(35-41-27(21)15-6-7-15)20-4-2-3-5-23(20)40-29(32)33/h2-5,10-11,15,17-19,29H,6-9,12-14H2,1H3/t17-,18+,19+. The first-order valence-corrected chi connectivity index (χ1v) is 14.8. The number of ether oxygens (including phenoxy) is 3. The zero-order chi connectivity index (χ0) is 29.0. The van der Waals surface area contributed by atoms with Gasteiger partial charge in [-0.15, -0.1) is 0 Å². The number of thiazole rings is 1. The molecule has 2 bridgehead atoms. The van der Waals surface area contributed by atoms with Gasteiger partial charge in [-0.3, -0.25) is 0 Å². The fourth-order valence-electron chi connectivity index (χ4n) is 6.30. The molecule has 0 N–H and O–H groups in total. The lowest BCUT2D eigenvalue weighted by atomic mass is 10.00. The van der Waals surface area contributed by atoms with Gasteiger partial charge in [0.15, 0.2) is 10.9 Å². The summed E-state index contributed by atoms with van der Waals surface area (Å²) in [5.74, 6) is -0.0841. The van der Waals surface area contributed by atoms with Gasteiger partial charge in [0.1, 0.15) is 22.7 Å². The molecule has 220 valence electrons. The lowest BCUT2D eigenvalue weighted by Gasteiger charge is -2.38. The second-order valence-electron chi connectivity index (χ2n) is 11.0. The van der Waals surface area contributed by atoms with Crippen LogP contribution in [0.1, 0.15) is 66.1 Å². The van der Waals surface area contributed by atoms with Crippen molar-refractivity contribution in [1.29, 1.82) is 0 Å². The molecular formula is C30H28F3N3O5S. The van der Waals surface area contributed by atoms with Crippen molar-refractivity contribution in [1.82, 2.24) is 10.1 Å². The van der Waals surface area contributed by atoms with Crippen LogP contribution in [-0.4, -0.2) is 48.0 Å². The Balaban J connectivity index is 1.09. The summed E-state index contributed by atoms with van der Waals surface area (Å²) in [5, 5.41) is 5.01. The predicted molar refractivity (Wildman–Crippen MR) is 149 cm³/mol. The molecule has 2 aromatic carbocycles. The third-order valence-corrected chi connectivity index (χ3v) is 9.37. The Morgan fingerprint density at radius 1 is 1.14 bits per heavy atom. The van der Waals surface area contributed by atoms with Crippen LogP contribution in [0.4, 0.5) is 18.3 Å². The van der Waals surface area contributed by atoms with Gasteiger partial charge in [0, 0.05) is 29.1 Å². The van der Waals surface area contributed by atoms with Crippen LogP contribution in [0.15, 0.2) is 40.9 Å². The summed E-state index contributed by atoms with van der Waals surface area (Å²) in [4.78, 5) is 18.9. The number of esters is 1. The van der Waals surface area contributed by atoms with E-state index in [1.54, 1.807) is 24.3 Å². The molecule has 4 heterocycles. The summed E-state index contributed by atoms with van der Waals surface area (Å²) in [6, 6.07) is 9.74. The van der Waals surface area contributed by atoms with E-state index in [0.29, 0.717) is 16.0 Å². The molecule has 0 spiro atoms. The average molecular weight is 600 g/mol. The van der Waals surface area contributed by atoms with Crippen molar-refractivity contribution >= 4 is 32.7 Å². The maximum absolute atomic E-state index is 14.8. The number of aromatic nitrogens is 2. The first-order chi connectivity index (χ1) is 20.4. The van der Waals surface area contributed by atoms with Gasteiger partial charge in [-0.1, -0.05) is 28.6 Å². The van der Waals surface area contributed by atoms with Crippen LogP contribution in [0.2, 0.25) is 0 Å². The molecule has 0 radical (unpaired) electrons. The van der Waals surface area contributed by atoms with Gasteiger partial charge in [0.25, 0.3) is 0 Å². The van der Waals surface area contributed by atoms with Crippen LogP contribution >= 0.6 is 11.3 Å². The number of fused-ring (bicyclic) bond motifs is 3. The normalized spacial score (nSPS) is 21.8. The summed E-state index contributed by atoms with van der Waals surface area (Å²) in [6.07, 6.45) is 5.44. The quantitative estimate of drug-likeness (QED) is 0.189. The summed E-state index contributed by atoms with van der Waals surface area (Å²) < 4.78 is 63.3. The van der Waals surface area contributed by atoms with Gasteiger partial charge in [-0.2, -0.15) is 8.78 Å². The molecule has 12 heteroatoms. The maximum atomic E-state index is 14.8. The van der Waals surface area contributed by atoms with E-state index in [0.717, 1.165) is 55.0 Å². The Labute approximate surface area is 243 Å². The number of nitrogens with zero attached hydrogens (tertiary/aromatic N) is 3. The highest BCUT2D eigenvalue weighted by Gasteiger charge is 2.43. The number of rotatable bonds is 9. The number of halogens is 3. The molecule has 3 atom stereocenters. The molecular weight excluding hydrogens is 571 g/mol. The Bertz CT molecular complexity index is 1620. The number of piperidine rings is 1. The monoisotopic (exact) mass is 599 g/mol. The summed E-state index contributed by atoms with van der Waals surface area (Å²) in [5.41, 5.74) is 2.11. The van der Waals surface area contributed by atoms with Crippen molar-refractivity contribution in [2.24, 2.45) is 0 Å². The van der Waals surface area contributed by atoms with E-state index >= 15 is 0 Å². The zero-order valence-electron chi connectivity index (χ0n) is 22.7. The second kappa shape index (κ2) is 10.9. The van der Waals surface area contributed by atoms with E-state index in [2.05, 4.69) is 15.0 Å². The number of hydrogen-bond donors (Lipinski definition) is 0. The van der Waals surface area contributed by atoms with E-state index in [1.807, 2.05) is 0 Å². The fraction of sp³-hybridized carbons (Fsp3) is 0.433. The van der Waals surface area contributed by atoms with Crippen molar-refractivity contribution in [3.63, 3.8) is 0 Å². The number of benzene rings is 2. The molecule has 4 aromatic rings. The highest BCUT2D eigenvalue weighted by molar-refractivity contribution is 7.22. The summed E-state index contributed by atoms with van der Waals surface area (Å²) >= 11 is 1.38. The van der Waals surface area contributed by atoms with Gasteiger partial charge in [-0.25, -0.2) is 14.2 Å². The van der Waals surface area contributed by atoms with Gasteiger partial charge < -0.3 is 23.6 Å². The van der Waals surface area contributed by atoms with Crippen LogP contribution in [-0.2, 0) is 16.1 Å². The number of carbonyl (C=O) groups excluding carboxylic acids is 1. The number of carbonyl (C=O) groups is 1. The SMILES string of the molecule is COC(=O)c1cc(F)c2nc(N3[C@@H]4CC[C@H]3C[C@@H](OCc3c(-c5ccccc5OC(F)F)noc3C3CC3)C4)sc2c1. The van der Waals surface area contributed by atoms with E-state index < -0.39 is 18.4 Å². The van der Waals surface area contributed by atoms with E-state index in [4.69, 9.17) is 18.7 Å². The molecule has 2 aliphatic heterocycles. The molecule has 7 rings (SSSR count). The third-order valence-electron chi connectivity index (χ3n) is 8.36. The molecule has 1 saturated carbocycles. The number of hydrogen-bond acceptors (Lipinski definition) is 9. The average Bonchev–Trinajstić information content (AvgIpc) is 3.49. The van der Waals surface area contributed by atoms with Crippen molar-refractivity contribution in [2.45, 2.75) is 75.8 Å². The van der Waals surface area contributed by atoms with Gasteiger partial charge >= 0.3 is 12.6 Å². The Kier molecular flexibility index (Phi) is 7.05. The smallest absolute Gasteiger partial charge is 0.387 e. The van der Waals surface area contributed by atoms with Crippen molar-refractivity contribution in [2.75, 3.05) is 12.0 Å². The van der Waals surface area contributed by atoms with Crippen LogP contribution in [0, 0.1) is 5.82 Å². The Morgan fingerprint density at radius 3 is 2.62 bits per heavy atom. The summed E-state index contributed by atoms with van der Waals surface area (Å²) in [7, 11) is 1.27. The summed E-state index contributed by atoms with van der Waals surface area (Å²) in [6.45, 7) is -2.70. The molecule has 42 heavy (non-hydrogen) atoms. The largest absolute Gasteiger partial charge is 0.465 e. The van der Waals surface area contributed by atoms with Crippen LogP contribution < -0.4 is 9.64 Å². The van der Waals surface area contributed by atoms with Gasteiger partial charge in [0.05, 0.1) is 30.1 Å². The second-order valence-corrected chi connectivity index (χ2v) is 12.0. The molecule has 2 saturated heterocycles. The van der Waals surface area contributed by atoms with E-state index in [1.165, 1.54) is 30.6 Å². The first-order valence-electron chi connectivity index (χ1n) is 14.0. The molecule has 0 unspecified atom stereocenters. The van der Waals surface area contributed by atoms with Gasteiger partial charge in [-0.05, 0) is 62.8 Å². The number of para-hydroxylation sites is 1. The molecule has 1 aliphatic carbocycles. The highest BCUT2D eigenvalue weighted by Crippen LogP contribution is 2.47. The third kappa shape index (κ3) is 5.00. The first kappa shape index (κ1) is 27.2. The molecule has 3 aliphatic rings. The molecule has 2 aromatic heterocycles. The molecule has 0 amide bonds. The number of anilines is 1.